The average molecular weight is 562 g/mol. The fraction of sp³-hybridized carbons (Fsp3) is 0.200. The lowest BCUT2D eigenvalue weighted by atomic mass is 9.74. The SMILES string of the molecule is Cc1ccc(N(C2=CC3C(C=C2)c2ccccc2C3(C)C)c2ccc(-c3cccc4c3SC3C=CC=CC43)cc2)cc1. The van der Waals surface area contributed by atoms with Crippen LogP contribution in [0.3, 0.4) is 0 Å². The Hall–Kier alpha value is -4.01. The van der Waals surface area contributed by atoms with Crippen LogP contribution < -0.4 is 4.90 Å². The number of aryl methyl sites for hydroxylation is 1. The lowest BCUT2D eigenvalue weighted by molar-refractivity contribution is 0.392. The van der Waals surface area contributed by atoms with Crippen molar-refractivity contribution in [3.8, 4) is 11.1 Å². The van der Waals surface area contributed by atoms with Gasteiger partial charge in [0.2, 0.25) is 0 Å². The van der Waals surface area contributed by atoms with Gasteiger partial charge in [0.05, 0.1) is 0 Å². The van der Waals surface area contributed by atoms with E-state index in [4.69, 9.17) is 0 Å². The normalized spacial score (nSPS) is 24.0. The van der Waals surface area contributed by atoms with Crippen LogP contribution in [0.15, 0.2) is 144 Å². The predicted octanol–water partition coefficient (Wildman–Crippen LogP) is 10.6. The standard InChI is InChI=1S/C40H35NS/c1-26-15-19-28(20-16-26)41(30-23-24-33-32-9-4-6-13-36(32)40(2,3)37(33)25-30)29-21-17-27(18-22-29)31-11-8-12-35-34-10-5-7-14-38(34)42-39(31)35/h4-25,33-34,37-38H,1-3H3. The molecular formula is C40H35NS. The number of anilines is 2. The number of benzene rings is 4. The number of allylic oxidation sites excluding steroid dienone is 6. The molecule has 0 bridgehead atoms. The Morgan fingerprint density at radius 2 is 1.40 bits per heavy atom. The minimum absolute atomic E-state index is 0.0764. The van der Waals surface area contributed by atoms with Crippen LogP contribution in [0.4, 0.5) is 11.4 Å². The van der Waals surface area contributed by atoms with Gasteiger partial charge in [-0.15, -0.1) is 11.8 Å². The molecule has 1 heterocycles. The molecule has 1 nitrogen and oxygen atoms in total. The van der Waals surface area contributed by atoms with Gasteiger partial charge >= 0.3 is 0 Å². The zero-order valence-corrected chi connectivity index (χ0v) is 25.2. The fourth-order valence-corrected chi connectivity index (χ4v) is 9.02. The van der Waals surface area contributed by atoms with E-state index in [9.17, 15) is 0 Å². The van der Waals surface area contributed by atoms with Gasteiger partial charge in [0.25, 0.3) is 0 Å². The van der Waals surface area contributed by atoms with Crippen molar-refractivity contribution in [2.45, 2.75) is 48.2 Å². The Balaban J connectivity index is 1.18. The Labute approximate surface area is 254 Å². The highest BCUT2D eigenvalue weighted by atomic mass is 32.2. The number of hydrogen-bond donors (Lipinski definition) is 0. The van der Waals surface area contributed by atoms with Gasteiger partial charge in [-0.05, 0) is 76.4 Å². The van der Waals surface area contributed by atoms with Crippen molar-refractivity contribution < 1.29 is 0 Å². The monoisotopic (exact) mass is 561 g/mol. The molecule has 0 aromatic heterocycles. The van der Waals surface area contributed by atoms with Gasteiger partial charge < -0.3 is 4.90 Å². The molecule has 0 radical (unpaired) electrons. The van der Waals surface area contributed by atoms with Gasteiger partial charge in [-0.1, -0.05) is 123 Å². The molecule has 1 aliphatic heterocycles. The molecule has 4 unspecified atom stereocenters. The topological polar surface area (TPSA) is 3.24 Å². The molecule has 4 aromatic carbocycles. The second-order valence-corrected chi connectivity index (χ2v) is 13.8. The maximum Gasteiger partial charge on any atom is 0.0461 e. The molecule has 4 aliphatic rings. The van der Waals surface area contributed by atoms with E-state index in [1.54, 1.807) is 0 Å². The van der Waals surface area contributed by atoms with Crippen molar-refractivity contribution in [2.75, 3.05) is 4.90 Å². The van der Waals surface area contributed by atoms with Gasteiger partial charge in [-0.25, -0.2) is 0 Å². The van der Waals surface area contributed by atoms with Crippen molar-refractivity contribution in [2.24, 2.45) is 5.92 Å². The van der Waals surface area contributed by atoms with Gasteiger partial charge in [-0.3, -0.25) is 0 Å². The first-order valence-electron chi connectivity index (χ1n) is 15.1. The summed E-state index contributed by atoms with van der Waals surface area (Å²) in [5.74, 6) is 1.32. The summed E-state index contributed by atoms with van der Waals surface area (Å²) in [7, 11) is 0. The summed E-state index contributed by atoms with van der Waals surface area (Å²) in [5.41, 5.74) is 12.0. The summed E-state index contributed by atoms with van der Waals surface area (Å²) >= 11 is 2.01. The molecule has 0 spiro atoms. The molecule has 8 rings (SSSR count). The highest BCUT2D eigenvalue weighted by Crippen LogP contribution is 2.54. The van der Waals surface area contributed by atoms with E-state index in [2.05, 4.69) is 159 Å². The van der Waals surface area contributed by atoms with E-state index < -0.39 is 0 Å². The number of hydrogen-bond acceptors (Lipinski definition) is 2. The second kappa shape index (κ2) is 9.78. The highest BCUT2D eigenvalue weighted by molar-refractivity contribution is 8.00. The Morgan fingerprint density at radius 1 is 0.690 bits per heavy atom. The molecule has 4 aromatic rings. The van der Waals surface area contributed by atoms with Gasteiger partial charge in [0, 0.05) is 39.1 Å². The van der Waals surface area contributed by atoms with Crippen LogP contribution in [0, 0.1) is 12.8 Å². The summed E-state index contributed by atoms with van der Waals surface area (Å²) in [4.78, 5) is 3.86. The summed E-state index contributed by atoms with van der Waals surface area (Å²) in [6.07, 6.45) is 16.4. The Kier molecular flexibility index (Phi) is 5.98. The minimum Gasteiger partial charge on any atom is -0.311 e. The van der Waals surface area contributed by atoms with Crippen LogP contribution in [0.5, 0.6) is 0 Å². The van der Waals surface area contributed by atoms with Crippen LogP contribution in [0.2, 0.25) is 0 Å². The third kappa shape index (κ3) is 4.00. The molecular weight excluding hydrogens is 527 g/mol. The number of nitrogens with zero attached hydrogens (tertiary/aromatic N) is 1. The molecule has 3 aliphatic carbocycles. The van der Waals surface area contributed by atoms with Crippen molar-refractivity contribution in [3.05, 3.63) is 161 Å². The maximum atomic E-state index is 2.53. The van der Waals surface area contributed by atoms with E-state index in [1.165, 1.54) is 55.3 Å². The summed E-state index contributed by atoms with van der Waals surface area (Å²) in [5, 5.41) is 0.502. The number of thioether (sulfide) groups is 1. The molecule has 206 valence electrons. The smallest absolute Gasteiger partial charge is 0.0461 e. The third-order valence-corrected chi connectivity index (χ3v) is 11.2. The zero-order chi connectivity index (χ0) is 28.4. The van der Waals surface area contributed by atoms with Crippen LogP contribution in [0.1, 0.15) is 47.9 Å². The molecule has 0 saturated carbocycles. The van der Waals surface area contributed by atoms with Gasteiger partial charge in [0.15, 0.2) is 0 Å². The van der Waals surface area contributed by atoms with Crippen molar-refractivity contribution >= 4 is 23.1 Å². The molecule has 0 N–H and O–H groups in total. The summed E-state index contributed by atoms with van der Waals surface area (Å²) in [6, 6.07) is 34.0. The molecule has 2 heteroatoms. The van der Waals surface area contributed by atoms with Crippen LogP contribution in [-0.4, -0.2) is 5.25 Å². The molecule has 4 atom stereocenters. The molecule has 42 heavy (non-hydrogen) atoms. The minimum atomic E-state index is 0.0764. The molecule has 0 saturated heterocycles. The third-order valence-electron chi connectivity index (χ3n) is 9.79. The number of rotatable bonds is 4. The lowest BCUT2D eigenvalue weighted by Crippen LogP contribution is -2.28. The van der Waals surface area contributed by atoms with E-state index in [-0.39, 0.29) is 5.41 Å². The Bertz CT molecular complexity index is 1800. The maximum absolute atomic E-state index is 2.53. The van der Waals surface area contributed by atoms with Crippen LogP contribution in [0.25, 0.3) is 11.1 Å². The average Bonchev–Trinajstić information content (AvgIpc) is 3.51. The van der Waals surface area contributed by atoms with Crippen LogP contribution in [-0.2, 0) is 5.41 Å². The quantitative estimate of drug-likeness (QED) is 0.244. The molecule has 0 fully saturated rings. The van der Waals surface area contributed by atoms with Gasteiger partial charge in [0.1, 0.15) is 0 Å². The zero-order valence-electron chi connectivity index (χ0n) is 24.4. The first-order valence-corrected chi connectivity index (χ1v) is 16.0. The first-order chi connectivity index (χ1) is 20.5. The lowest BCUT2D eigenvalue weighted by Gasteiger charge is -2.34. The Morgan fingerprint density at radius 3 is 2.21 bits per heavy atom. The van der Waals surface area contributed by atoms with E-state index in [0.717, 1.165) is 0 Å². The van der Waals surface area contributed by atoms with E-state index in [0.29, 0.717) is 23.0 Å². The first kappa shape index (κ1) is 25.7. The number of fused-ring (bicyclic) bond motifs is 6. The van der Waals surface area contributed by atoms with Gasteiger partial charge in [-0.2, -0.15) is 0 Å². The summed E-state index contributed by atoms with van der Waals surface area (Å²) < 4.78 is 0. The van der Waals surface area contributed by atoms with E-state index >= 15 is 0 Å². The largest absolute Gasteiger partial charge is 0.311 e. The van der Waals surface area contributed by atoms with Crippen molar-refractivity contribution in [1.29, 1.82) is 0 Å². The fourth-order valence-electron chi connectivity index (χ4n) is 7.55. The second-order valence-electron chi connectivity index (χ2n) is 12.6. The molecule has 0 amide bonds. The van der Waals surface area contributed by atoms with Crippen molar-refractivity contribution in [1.82, 2.24) is 0 Å². The van der Waals surface area contributed by atoms with Crippen LogP contribution >= 0.6 is 11.8 Å². The predicted molar refractivity (Wildman–Crippen MR) is 179 cm³/mol. The van der Waals surface area contributed by atoms with E-state index in [1.807, 2.05) is 11.8 Å². The van der Waals surface area contributed by atoms with Crippen molar-refractivity contribution in [3.63, 3.8) is 0 Å². The summed E-state index contributed by atoms with van der Waals surface area (Å²) in [6.45, 7) is 6.98. The highest BCUT2D eigenvalue weighted by Gasteiger charge is 2.45.